The molecule has 0 saturated heterocycles. The van der Waals surface area contributed by atoms with E-state index in [1.165, 1.54) is 17.8 Å². The van der Waals surface area contributed by atoms with E-state index in [9.17, 15) is 4.39 Å². The van der Waals surface area contributed by atoms with Crippen molar-refractivity contribution < 1.29 is 4.39 Å². The highest BCUT2D eigenvalue weighted by Gasteiger charge is 2.02. The number of halogens is 2. The lowest BCUT2D eigenvalue weighted by Gasteiger charge is -2.03. The van der Waals surface area contributed by atoms with Gasteiger partial charge in [0.1, 0.15) is 11.0 Å². The van der Waals surface area contributed by atoms with Crippen molar-refractivity contribution >= 4 is 23.4 Å². The van der Waals surface area contributed by atoms with Gasteiger partial charge in [0.15, 0.2) is 0 Å². The largest absolute Gasteiger partial charge is 0.245 e. The molecule has 0 N–H and O–H groups in total. The van der Waals surface area contributed by atoms with Crippen LogP contribution in [0.15, 0.2) is 47.5 Å². The second-order valence-electron chi connectivity index (χ2n) is 3.21. The normalized spacial score (nSPS) is 10.4. The number of thioether (sulfide) groups is 1. The van der Waals surface area contributed by atoms with Crippen LogP contribution in [0.1, 0.15) is 5.56 Å². The molecule has 0 aliphatic heterocycles. The number of rotatable bonds is 3. The Morgan fingerprint density at radius 3 is 2.81 bits per heavy atom. The van der Waals surface area contributed by atoms with E-state index in [1.54, 1.807) is 24.4 Å². The Bertz CT molecular complexity index is 490. The Morgan fingerprint density at radius 2 is 2.06 bits per heavy atom. The molecular formula is C12H9ClFNS. The molecule has 0 bridgehead atoms. The zero-order valence-corrected chi connectivity index (χ0v) is 9.93. The summed E-state index contributed by atoms with van der Waals surface area (Å²) in [6.45, 7) is 0. The number of benzene rings is 1. The van der Waals surface area contributed by atoms with E-state index >= 15 is 0 Å². The van der Waals surface area contributed by atoms with Gasteiger partial charge in [-0.15, -0.1) is 11.8 Å². The molecule has 1 aromatic carbocycles. The van der Waals surface area contributed by atoms with Crippen LogP contribution in [0, 0.1) is 5.82 Å². The monoisotopic (exact) mass is 253 g/mol. The minimum absolute atomic E-state index is 0.187. The summed E-state index contributed by atoms with van der Waals surface area (Å²) >= 11 is 7.21. The van der Waals surface area contributed by atoms with Crippen molar-refractivity contribution in [3.63, 3.8) is 0 Å². The highest BCUT2D eigenvalue weighted by Crippen LogP contribution is 2.25. The smallest absolute Gasteiger partial charge is 0.136 e. The Morgan fingerprint density at radius 1 is 1.25 bits per heavy atom. The van der Waals surface area contributed by atoms with Gasteiger partial charge in [-0.1, -0.05) is 23.7 Å². The van der Waals surface area contributed by atoms with Crippen LogP contribution in [-0.2, 0) is 5.75 Å². The molecule has 0 radical (unpaired) electrons. The molecule has 1 heterocycles. The van der Waals surface area contributed by atoms with E-state index < -0.39 is 0 Å². The first-order chi connectivity index (χ1) is 7.75. The van der Waals surface area contributed by atoms with Crippen molar-refractivity contribution in [2.75, 3.05) is 0 Å². The Kier molecular flexibility index (Phi) is 3.80. The second-order valence-corrected chi connectivity index (χ2v) is 4.61. The highest BCUT2D eigenvalue weighted by atomic mass is 35.5. The zero-order valence-electron chi connectivity index (χ0n) is 8.36. The van der Waals surface area contributed by atoms with E-state index in [1.807, 2.05) is 12.1 Å². The van der Waals surface area contributed by atoms with Gasteiger partial charge in [0.05, 0.1) is 0 Å². The molecule has 0 aliphatic rings. The van der Waals surface area contributed by atoms with Gasteiger partial charge in [0.2, 0.25) is 0 Å². The van der Waals surface area contributed by atoms with Crippen LogP contribution in [0.5, 0.6) is 0 Å². The Hall–Kier alpha value is -1.06. The fraction of sp³-hybridized carbons (Fsp3) is 0.0833. The van der Waals surface area contributed by atoms with Gasteiger partial charge in [-0.2, -0.15) is 0 Å². The fourth-order valence-corrected chi connectivity index (χ4v) is 2.33. The van der Waals surface area contributed by atoms with Crippen molar-refractivity contribution in [3.05, 3.63) is 59.1 Å². The highest BCUT2D eigenvalue weighted by molar-refractivity contribution is 7.98. The quantitative estimate of drug-likeness (QED) is 0.602. The van der Waals surface area contributed by atoms with Crippen LogP contribution in [0.3, 0.4) is 0 Å². The van der Waals surface area contributed by atoms with E-state index in [-0.39, 0.29) is 5.82 Å². The number of pyridine rings is 1. The third-order valence-corrected chi connectivity index (χ3v) is 3.35. The lowest BCUT2D eigenvalue weighted by molar-refractivity contribution is 0.602. The van der Waals surface area contributed by atoms with Gasteiger partial charge in [-0.25, -0.2) is 9.37 Å². The average molecular weight is 254 g/mol. The van der Waals surface area contributed by atoms with Crippen LogP contribution in [-0.4, -0.2) is 4.98 Å². The topological polar surface area (TPSA) is 12.9 Å². The lowest BCUT2D eigenvalue weighted by Crippen LogP contribution is -1.84. The SMILES string of the molecule is Fc1ccccc1SCc1ccnc(Cl)c1. The fourth-order valence-electron chi connectivity index (χ4n) is 1.26. The van der Waals surface area contributed by atoms with E-state index in [0.29, 0.717) is 15.8 Å². The molecule has 0 aliphatic carbocycles. The summed E-state index contributed by atoms with van der Waals surface area (Å²) in [7, 11) is 0. The van der Waals surface area contributed by atoms with Gasteiger partial charge in [0.25, 0.3) is 0 Å². The summed E-state index contributed by atoms with van der Waals surface area (Å²) < 4.78 is 13.3. The third-order valence-electron chi connectivity index (χ3n) is 2.02. The van der Waals surface area contributed by atoms with Crippen LogP contribution in [0.4, 0.5) is 4.39 Å². The number of hydrogen-bond donors (Lipinski definition) is 0. The lowest BCUT2D eigenvalue weighted by atomic mass is 10.3. The van der Waals surface area contributed by atoms with Gasteiger partial charge in [0, 0.05) is 16.8 Å². The second kappa shape index (κ2) is 5.32. The molecule has 0 spiro atoms. The first-order valence-electron chi connectivity index (χ1n) is 4.73. The maximum absolute atomic E-state index is 13.3. The van der Waals surface area contributed by atoms with Crippen molar-refractivity contribution in [2.45, 2.75) is 10.6 Å². The Balaban J connectivity index is 2.05. The molecule has 16 heavy (non-hydrogen) atoms. The van der Waals surface area contributed by atoms with Crippen molar-refractivity contribution in [2.24, 2.45) is 0 Å². The van der Waals surface area contributed by atoms with E-state index in [2.05, 4.69) is 4.98 Å². The summed E-state index contributed by atoms with van der Waals surface area (Å²) in [4.78, 5) is 4.54. The first-order valence-corrected chi connectivity index (χ1v) is 6.10. The van der Waals surface area contributed by atoms with E-state index in [0.717, 1.165) is 5.56 Å². The molecular weight excluding hydrogens is 245 g/mol. The Labute approximate surface area is 103 Å². The van der Waals surface area contributed by atoms with Crippen molar-refractivity contribution in [1.82, 2.24) is 4.98 Å². The molecule has 0 saturated carbocycles. The van der Waals surface area contributed by atoms with Gasteiger partial charge in [-0.05, 0) is 29.8 Å². The summed E-state index contributed by atoms with van der Waals surface area (Å²) in [5, 5.41) is 0.464. The minimum Gasteiger partial charge on any atom is -0.245 e. The molecule has 82 valence electrons. The summed E-state index contributed by atoms with van der Waals surface area (Å²) in [5.74, 6) is 0.496. The van der Waals surface area contributed by atoms with Crippen LogP contribution in [0.25, 0.3) is 0 Å². The number of nitrogens with zero attached hydrogens (tertiary/aromatic N) is 1. The van der Waals surface area contributed by atoms with Crippen molar-refractivity contribution in [3.8, 4) is 0 Å². The van der Waals surface area contributed by atoms with Gasteiger partial charge >= 0.3 is 0 Å². The summed E-state index contributed by atoms with van der Waals surface area (Å²) in [6.07, 6.45) is 1.65. The van der Waals surface area contributed by atoms with Crippen LogP contribution >= 0.6 is 23.4 Å². The number of hydrogen-bond acceptors (Lipinski definition) is 2. The maximum Gasteiger partial charge on any atom is 0.136 e. The van der Waals surface area contributed by atoms with Crippen molar-refractivity contribution in [1.29, 1.82) is 0 Å². The molecule has 2 rings (SSSR count). The molecule has 0 amide bonds. The first kappa shape index (κ1) is 11.4. The maximum atomic E-state index is 13.3. The number of aromatic nitrogens is 1. The average Bonchev–Trinajstić information content (AvgIpc) is 2.28. The minimum atomic E-state index is -0.187. The molecule has 0 atom stereocenters. The van der Waals surface area contributed by atoms with Gasteiger partial charge in [-0.3, -0.25) is 0 Å². The molecule has 1 aromatic heterocycles. The predicted octanol–water partition coefficient (Wildman–Crippen LogP) is 4.17. The standard InChI is InChI=1S/C12H9ClFNS/c13-12-7-9(5-6-15-12)8-16-11-4-2-1-3-10(11)14/h1-7H,8H2. The molecule has 0 fully saturated rings. The van der Waals surface area contributed by atoms with Gasteiger partial charge < -0.3 is 0 Å². The third kappa shape index (κ3) is 2.97. The predicted molar refractivity (Wildman–Crippen MR) is 65.2 cm³/mol. The summed E-state index contributed by atoms with van der Waals surface area (Å²) in [6, 6.07) is 10.4. The zero-order chi connectivity index (χ0) is 11.4. The van der Waals surface area contributed by atoms with Crippen LogP contribution in [0.2, 0.25) is 5.15 Å². The van der Waals surface area contributed by atoms with Crippen LogP contribution < -0.4 is 0 Å². The molecule has 1 nitrogen and oxygen atoms in total. The molecule has 4 heteroatoms. The molecule has 2 aromatic rings. The molecule has 0 unspecified atom stereocenters. The van der Waals surface area contributed by atoms with E-state index in [4.69, 9.17) is 11.6 Å². The summed E-state index contributed by atoms with van der Waals surface area (Å²) in [5.41, 5.74) is 1.04.